The van der Waals surface area contributed by atoms with Crippen LogP contribution in [0.1, 0.15) is 26.0 Å². The van der Waals surface area contributed by atoms with Gasteiger partial charge in [0.05, 0.1) is 17.0 Å². The maximum atomic E-state index is 5.81. The SMILES string of the molecule is CC(C)CCc1noc(N)c1-c1ccccn1. The molecule has 0 radical (unpaired) electrons. The Morgan fingerprint density at radius 1 is 1.35 bits per heavy atom. The maximum Gasteiger partial charge on any atom is 0.231 e. The Kier molecular flexibility index (Phi) is 3.42. The van der Waals surface area contributed by atoms with Crippen LogP contribution in [0.2, 0.25) is 0 Å². The van der Waals surface area contributed by atoms with Crippen LogP contribution in [0, 0.1) is 5.92 Å². The summed E-state index contributed by atoms with van der Waals surface area (Å²) < 4.78 is 5.07. The molecule has 17 heavy (non-hydrogen) atoms. The number of rotatable bonds is 4. The lowest BCUT2D eigenvalue weighted by Crippen LogP contribution is -1.96. The Bertz CT molecular complexity index is 477. The minimum atomic E-state index is 0.349. The third-order valence-corrected chi connectivity index (χ3v) is 2.67. The van der Waals surface area contributed by atoms with Gasteiger partial charge in [0, 0.05) is 6.20 Å². The Balaban J connectivity index is 2.30. The molecule has 2 N–H and O–H groups in total. The first-order valence-corrected chi connectivity index (χ1v) is 5.84. The molecule has 2 rings (SSSR count). The van der Waals surface area contributed by atoms with Crippen LogP contribution in [0.4, 0.5) is 5.88 Å². The molecule has 0 unspecified atom stereocenters. The molecular weight excluding hydrogens is 214 g/mol. The molecule has 0 amide bonds. The fourth-order valence-corrected chi connectivity index (χ4v) is 1.72. The smallest absolute Gasteiger partial charge is 0.231 e. The predicted molar refractivity (Wildman–Crippen MR) is 67.3 cm³/mol. The molecule has 0 saturated heterocycles. The van der Waals surface area contributed by atoms with Crippen molar-refractivity contribution < 1.29 is 4.52 Å². The molecule has 0 atom stereocenters. The van der Waals surface area contributed by atoms with Crippen LogP contribution in [0.5, 0.6) is 0 Å². The second-order valence-corrected chi connectivity index (χ2v) is 4.52. The fourth-order valence-electron chi connectivity index (χ4n) is 1.72. The first kappa shape index (κ1) is 11.6. The van der Waals surface area contributed by atoms with Gasteiger partial charge in [-0.3, -0.25) is 4.98 Å². The molecule has 4 nitrogen and oxygen atoms in total. The van der Waals surface area contributed by atoms with E-state index >= 15 is 0 Å². The molecule has 2 aromatic rings. The number of nitrogen functional groups attached to an aromatic ring is 1. The van der Waals surface area contributed by atoms with Crippen molar-refractivity contribution >= 4 is 5.88 Å². The molecule has 0 bridgehead atoms. The number of anilines is 1. The van der Waals surface area contributed by atoms with E-state index in [1.54, 1.807) is 6.20 Å². The molecule has 0 aliphatic carbocycles. The summed E-state index contributed by atoms with van der Waals surface area (Å²) in [6.07, 6.45) is 3.67. The minimum Gasteiger partial charge on any atom is -0.367 e. The Morgan fingerprint density at radius 3 is 2.82 bits per heavy atom. The summed E-state index contributed by atoms with van der Waals surface area (Å²) in [4.78, 5) is 4.29. The third-order valence-electron chi connectivity index (χ3n) is 2.67. The van der Waals surface area contributed by atoms with Gasteiger partial charge >= 0.3 is 0 Å². The topological polar surface area (TPSA) is 64.9 Å². The summed E-state index contributed by atoms with van der Waals surface area (Å²) in [6, 6.07) is 5.73. The summed E-state index contributed by atoms with van der Waals surface area (Å²) in [7, 11) is 0. The Morgan fingerprint density at radius 2 is 2.18 bits per heavy atom. The second-order valence-electron chi connectivity index (χ2n) is 4.52. The number of aromatic nitrogens is 2. The molecule has 0 aliphatic rings. The van der Waals surface area contributed by atoms with Crippen LogP contribution < -0.4 is 5.73 Å². The monoisotopic (exact) mass is 231 g/mol. The van der Waals surface area contributed by atoms with Gasteiger partial charge in [-0.15, -0.1) is 0 Å². The van der Waals surface area contributed by atoms with E-state index in [2.05, 4.69) is 24.0 Å². The summed E-state index contributed by atoms with van der Waals surface area (Å²) in [5.74, 6) is 0.979. The highest BCUT2D eigenvalue weighted by Gasteiger charge is 2.16. The minimum absolute atomic E-state index is 0.349. The van der Waals surface area contributed by atoms with Crippen LogP contribution >= 0.6 is 0 Å². The maximum absolute atomic E-state index is 5.81. The Hall–Kier alpha value is -1.84. The number of nitrogens with zero attached hydrogens (tertiary/aromatic N) is 2. The number of nitrogens with two attached hydrogens (primary N) is 1. The molecule has 0 saturated carbocycles. The lowest BCUT2D eigenvalue weighted by molar-refractivity contribution is 0.423. The number of pyridine rings is 1. The summed E-state index contributed by atoms with van der Waals surface area (Å²) in [5.41, 5.74) is 8.37. The zero-order valence-electron chi connectivity index (χ0n) is 10.2. The lowest BCUT2D eigenvalue weighted by Gasteiger charge is -2.03. The average Bonchev–Trinajstić information content (AvgIpc) is 2.69. The quantitative estimate of drug-likeness (QED) is 0.878. The van der Waals surface area contributed by atoms with Gasteiger partial charge in [-0.05, 0) is 30.9 Å². The van der Waals surface area contributed by atoms with E-state index in [1.807, 2.05) is 18.2 Å². The van der Waals surface area contributed by atoms with Crippen LogP contribution in [0.25, 0.3) is 11.3 Å². The van der Waals surface area contributed by atoms with Gasteiger partial charge in [0.15, 0.2) is 0 Å². The summed E-state index contributed by atoms with van der Waals surface area (Å²) in [5, 5.41) is 4.02. The van der Waals surface area contributed by atoms with Crippen molar-refractivity contribution in [1.82, 2.24) is 10.1 Å². The predicted octanol–water partition coefficient (Wildman–Crippen LogP) is 2.91. The standard InChI is InChI=1S/C13H17N3O/c1-9(2)6-7-11-12(13(14)17-16-11)10-5-3-4-8-15-10/h3-5,8-9H,6-7,14H2,1-2H3. The van der Waals surface area contributed by atoms with Gasteiger partial charge in [0.2, 0.25) is 5.88 Å². The van der Waals surface area contributed by atoms with E-state index in [-0.39, 0.29) is 0 Å². The molecular formula is C13H17N3O. The lowest BCUT2D eigenvalue weighted by atomic mass is 10.0. The van der Waals surface area contributed by atoms with Gasteiger partial charge in [0.1, 0.15) is 0 Å². The molecule has 0 aromatic carbocycles. The molecule has 0 spiro atoms. The van der Waals surface area contributed by atoms with E-state index in [0.717, 1.165) is 29.8 Å². The van der Waals surface area contributed by atoms with Crippen molar-refractivity contribution in [2.45, 2.75) is 26.7 Å². The van der Waals surface area contributed by atoms with Gasteiger partial charge < -0.3 is 10.3 Å². The van der Waals surface area contributed by atoms with Gasteiger partial charge in [-0.25, -0.2) is 0 Å². The van der Waals surface area contributed by atoms with Crippen molar-refractivity contribution in [2.24, 2.45) is 5.92 Å². The average molecular weight is 231 g/mol. The largest absolute Gasteiger partial charge is 0.367 e. The third kappa shape index (κ3) is 2.64. The van der Waals surface area contributed by atoms with E-state index in [4.69, 9.17) is 10.3 Å². The van der Waals surface area contributed by atoms with Crippen LogP contribution in [0.3, 0.4) is 0 Å². The van der Waals surface area contributed by atoms with Crippen LogP contribution in [-0.4, -0.2) is 10.1 Å². The molecule has 90 valence electrons. The molecule has 0 fully saturated rings. The number of hydrogen-bond acceptors (Lipinski definition) is 4. The van der Waals surface area contributed by atoms with Crippen LogP contribution in [-0.2, 0) is 6.42 Å². The van der Waals surface area contributed by atoms with Gasteiger partial charge in [0.25, 0.3) is 0 Å². The van der Waals surface area contributed by atoms with Crippen LogP contribution in [0.15, 0.2) is 28.9 Å². The molecule has 2 aromatic heterocycles. The van der Waals surface area contributed by atoms with E-state index in [0.29, 0.717) is 11.8 Å². The van der Waals surface area contributed by atoms with E-state index in [1.165, 1.54) is 0 Å². The van der Waals surface area contributed by atoms with Crippen molar-refractivity contribution in [3.8, 4) is 11.3 Å². The first-order chi connectivity index (χ1) is 8.18. The van der Waals surface area contributed by atoms with Gasteiger partial charge in [-0.2, -0.15) is 0 Å². The van der Waals surface area contributed by atoms with Crippen molar-refractivity contribution in [3.63, 3.8) is 0 Å². The number of aryl methyl sites for hydroxylation is 1. The summed E-state index contributed by atoms with van der Waals surface area (Å²) >= 11 is 0. The number of hydrogen-bond donors (Lipinski definition) is 1. The molecule has 4 heteroatoms. The van der Waals surface area contributed by atoms with Crippen molar-refractivity contribution in [1.29, 1.82) is 0 Å². The highest BCUT2D eigenvalue weighted by molar-refractivity contribution is 5.71. The second kappa shape index (κ2) is 4.99. The molecule has 2 heterocycles. The summed E-state index contributed by atoms with van der Waals surface area (Å²) in [6.45, 7) is 4.37. The zero-order valence-corrected chi connectivity index (χ0v) is 10.2. The van der Waals surface area contributed by atoms with E-state index in [9.17, 15) is 0 Å². The first-order valence-electron chi connectivity index (χ1n) is 5.84. The highest BCUT2D eigenvalue weighted by Crippen LogP contribution is 2.29. The Labute approximate surface area is 101 Å². The molecule has 0 aliphatic heterocycles. The fraction of sp³-hybridized carbons (Fsp3) is 0.385. The zero-order chi connectivity index (χ0) is 12.3. The van der Waals surface area contributed by atoms with E-state index < -0.39 is 0 Å². The van der Waals surface area contributed by atoms with Gasteiger partial charge in [-0.1, -0.05) is 25.1 Å². The van der Waals surface area contributed by atoms with Crippen molar-refractivity contribution in [3.05, 3.63) is 30.1 Å². The van der Waals surface area contributed by atoms with Crippen molar-refractivity contribution in [2.75, 3.05) is 5.73 Å². The highest BCUT2D eigenvalue weighted by atomic mass is 16.5. The normalized spacial score (nSPS) is 11.0.